The van der Waals surface area contributed by atoms with Crippen molar-refractivity contribution in [3.8, 4) is 16.5 Å². The van der Waals surface area contributed by atoms with Crippen molar-refractivity contribution in [3.05, 3.63) is 35.7 Å². The minimum Gasteiger partial charge on any atom is -0.436 e. The molecule has 5 heteroatoms. The van der Waals surface area contributed by atoms with Crippen LogP contribution < -0.4 is 4.74 Å². The Balaban J connectivity index is 2.21. The van der Waals surface area contributed by atoms with E-state index in [1.807, 2.05) is 35.7 Å². The summed E-state index contributed by atoms with van der Waals surface area (Å²) < 4.78 is 5.05. The summed E-state index contributed by atoms with van der Waals surface area (Å²) in [4.78, 5) is 4.25. The second-order valence-electron chi connectivity index (χ2n) is 2.74. The summed E-state index contributed by atoms with van der Waals surface area (Å²) in [5, 5.41) is 1.50. The maximum Gasteiger partial charge on any atom is 0.276 e. The zero-order valence-electron chi connectivity index (χ0n) is 7.56. The van der Waals surface area contributed by atoms with Crippen LogP contribution in [0.2, 0.25) is 0 Å². The van der Waals surface area contributed by atoms with Gasteiger partial charge in [-0.2, -0.15) is 0 Å². The van der Waals surface area contributed by atoms with Gasteiger partial charge < -0.3 is 4.74 Å². The largest absolute Gasteiger partial charge is 0.436 e. The van der Waals surface area contributed by atoms with Crippen LogP contribution in [0.1, 0.15) is 0 Å². The fraction of sp³-hybridized carbons (Fsp3) is 0.100. The van der Waals surface area contributed by atoms with Crippen LogP contribution in [0.3, 0.4) is 0 Å². The zero-order chi connectivity index (χ0) is 10.7. The Labute approximate surface area is 101 Å². The number of hydrogen-bond donors (Lipinski definition) is 0. The van der Waals surface area contributed by atoms with Crippen molar-refractivity contribution in [2.75, 3.05) is 0 Å². The van der Waals surface area contributed by atoms with E-state index in [0.717, 1.165) is 11.3 Å². The van der Waals surface area contributed by atoms with Crippen LogP contribution in [0, 0.1) is 0 Å². The Morgan fingerprint density at radius 2 is 1.93 bits per heavy atom. The number of hydrogen-bond acceptors (Lipinski definition) is 3. The molecule has 0 saturated heterocycles. The standard InChI is InChI=1S/C10H7Cl2NOS/c11-9(12)14-10-13-8(6-15-10)7-4-2-1-3-5-7/h1-6,9H. The van der Waals surface area contributed by atoms with Crippen molar-refractivity contribution in [1.82, 2.24) is 4.98 Å². The van der Waals surface area contributed by atoms with Gasteiger partial charge in [-0.1, -0.05) is 64.9 Å². The third-order valence-corrected chi connectivity index (χ3v) is 2.65. The monoisotopic (exact) mass is 259 g/mol. The molecular formula is C10H7Cl2NOS. The number of ether oxygens (including phenoxy) is 1. The summed E-state index contributed by atoms with van der Waals surface area (Å²) in [5.74, 6) is 0. The molecule has 2 nitrogen and oxygen atoms in total. The minimum absolute atomic E-state index is 0.476. The molecule has 0 unspecified atom stereocenters. The molecule has 0 aliphatic carbocycles. The second-order valence-corrected chi connectivity index (χ2v) is 4.58. The van der Waals surface area contributed by atoms with Crippen LogP contribution in [0.4, 0.5) is 0 Å². The van der Waals surface area contributed by atoms with Gasteiger partial charge in [0.25, 0.3) is 10.2 Å². The van der Waals surface area contributed by atoms with E-state index in [1.165, 1.54) is 11.3 Å². The van der Waals surface area contributed by atoms with Crippen molar-refractivity contribution in [2.45, 2.75) is 5.02 Å². The van der Waals surface area contributed by atoms with Gasteiger partial charge in [-0.15, -0.1) is 0 Å². The molecule has 0 aliphatic heterocycles. The van der Waals surface area contributed by atoms with E-state index < -0.39 is 5.02 Å². The lowest BCUT2D eigenvalue weighted by atomic mass is 10.2. The van der Waals surface area contributed by atoms with E-state index in [0.29, 0.717) is 5.19 Å². The molecule has 15 heavy (non-hydrogen) atoms. The molecule has 0 saturated carbocycles. The van der Waals surface area contributed by atoms with Gasteiger partial charge in [-0.3, -0.25) is 0 Å². The summed E-state index contributed by atoms with van der Waals surface area (Å²) in [7, 11) is 0. The molecule has 2 aromatic rings. The van der Waals surface area contributed by atoms with Crippen molar-refractivity contribution in [2.24, 2.45) is 0 Å². The highest BCUT2D eigenvalue weighted by Crippen LogP contribution is 2.27. The lowest BCUT2D eigenvalue weighted by molar-refractivity contribution is 0.352. The molecule has 0 bridgehead atoms. The first-order valence-electron chi connectivity index (χ1n) is 4.21. The molecule has 0 amide bonds. The molecule has 0 atom stereocenters. The highest BCUT2D eigenvalue weighted by atomic mass is 35.5. The fourth-order valence-corrected chi connectivity index (χ4v) is 2.11. The van der Waals surface area contributed by atoms with Gasteiger partial charge in [0.05, 0.1) is 5.69 Å². The molecule has 1 aromatic heterocycles. The maximum atomic E-state index is 5.48. The molecule has 78 valence electrons. The van der Waals surface area contributed by atoms with Gasteiger partial charge in [0.1, 0.15) is 0 Å². The SMILES string of the molecule is ClC(Cl)Oc1nc(-c2ccccc2)cs1. The highest BCUT2D eigenvalue weighted by molar-refractivity contribution is 7.11. The molecule has 1 heterocycles. The first-order valence-corrected chi connectivity index (χ1v) is 5.97. The van der Waals surface area contributed by atoms with Crippen molar-refractivity contribution < 1.29 is 4.74 Å². The Morgan fingerprint density at radius 1 is 1.20 bits per heavy atom. The fourth-order valence-electron chi connectivity index (χ4n) is 1.13. The smallest absolute Gasteiger partial charge is 0.276 e. The van der Waals surface area contributed by atoms with Crippen LogP contribution in [-0.4, -0.2) is 10.0 Å². The van der Waals surface area contributed by atoms with E-state index in [1.54, 1.807) is 0 Å². The van der Waals surface area contributed by atoms with Gasteiger partial charge in [0.15, 0.2) is 0 Å². The van der Waals surface area contributed by atoms with Crippen molar-refractivity contribution >= 4 is 34.5 Å². The number of rotatable bonds is 3. The molecule has 0 radical (unpaired) electrons. The number of alkyl halides is 2. The van der Waals surface area contributed by atoms with Gasteiger partial charge in [-0.05, 0) is 0 Å². The van der Waals surface area contributed by atoms with Crippen molar-refractivity contribution in [1.29, 1.82) is 0 Å². The van der Waals surface area contributed by atoms with Crippen molar-refractivity contribution in [3.63, 3.8) is 0 Å². The molecule has 1 aromatic carbocycles. The van der Waals surface area contributed by atoms with E-state index in [9.17, 15) is 0 Å². The van der Waals surface area contributed by atoms with Crippen LogP contribution in [-0.2, 0) is 0 Å². The average molecular weight is 260 g/mol. The third-order valence-electron chi connectivity index (χ3n) is 1.74. The molecule has 0 N–H and O–H groups in total. The second kappa shape index (κ2) is 4.84. The van der Waals surface area contributed by atoms with Gasteiger partial charge in [0.2, 0.25) is 0 Å². The Hall–Kier alpha value is -0.770. The van der Waals surface area contributed by atoms with E-state index in [4.69, 9.17) is 27.9 Å². The normalized spacial score (nSPS) is 10.6. The highest BCUT2D eigenvalue weighted by Gasteiger charge is 2.07. The Bertz CT molecular complexity index is 430. The number of halogens is 2. The molecule has 2 rings (SSSR count). The van der Waals surface area contributed by atoms with E-state index >= 15 is 0 Å². The minimum atomic E-state index is -0.875. The number of aromatic nitrogens is 1. The zero-order valence-corrected chi connectivity index (χ0v) is 9.89. The molecule has 0 aliphatic rings. The van der Waals surface area contributed by atoms with Crippen LogP contribution >= 0.6 is 34.5 Å². The number of nitrogens with zero attached hydrogens (tertiary/aromatic N) is 1. The first-order chi connectivity index (χ1) is 7.25. The summed E-state index contributed by atoms with van der Waals surface area (Å²) in [6.07, 6.45) is 0. The van der Waals surface area contributed by atoms with E-state index in [-0.39, 0.29) is 0 Å². The van der Waals surface area contributed by atoms with Gasteiger partial charge in [-0.25, -0.2) is 4.98 Å². The average Bonchev–Trinajstić information content (AvgIpc) is 2.67. The topological polar surface area (TPSA) is 22.1 Å². The summed E-state index contributed by atoms with van der Waals surface area (Å²) >= 11 is 12.3. The Kier molecular flexibility index (Phi) is 3.46. The van der Waals surface area contributed by atoms with Crippen LogP contribution in [0.25, 0.3) is 11.3 Å². The van der Waals surface area contributed by atoms with Crippen LogP contribution in [0.5, 0.6) is 5.19 Å². The summed E-state index contributed by atoms with van der Waals surface area (Å²) in [6, 6.07) is 9.85. The molecule has 0 fully saturated rings. The van der Waals surface area contributed by atoms with E-state index in [2.05, 4.69) is 4.98 Å². The summed E-state index contributed by atoms with van der Waals surface area (Å²) in [5.41, 5.74) is 1.91. The Morgan fingerprint density at radius 3 is 2.60 bits per heavy atom. The third kappa shape index (κ3) is 2.84. The quantitative estimate of drug-likeness (QED) is 0.779. The first kappa shape index (κ1) is 10.7. The lowest BCUT2D eigenvalue weighted by Crippen LogP contribution is -1.98. The summed E-state index contributed by atoms with van der Waals surface area (Å²) in [6.45, 7) is 0. The lowest BCUT2D eigenvalue weighted by Gasteiger charge is -1.99. The molecular weight excluding hydrogens is 253 g/mol. The molecule has 0 spiro atoms. The number of benzene rings is 1. The van der Waals surface area contributed by atoms with Crippen LogP contribution in [0.15, 0.2) is 35.7 Å². The number of thiazole rings is 1. The van der Waals surface area contributed by atoms with Gasteiger partial charge in [0, 0.05) is 10.9 Å². The van der Waals surface area contributed by atoms with Gasteiger partial charge >= 0.3 is 0 Å². The maximum absolute atomic E-state index is 5.48. The predicted molar refractivity (Wildman–Crippen MR) is 63.7 cm³/mol. The predicted octanol–water partition coefficient (Wildman–Crippen LogP) is 3.95.